The molecule has 0 aromatic heterocycles. The van der Waals surface area contributed by atoms with Crippen LogP contribution in [0.1, 0.15) is 31.2 Å². The molecular formula is C13H16BrFO. The van der Waals surface area contributed by atoms with Gasteiger partial charge >= 0.3 is 0 Å². The van der Waals surface area contributed by atoms with Crippen molar-refractivity contribution in [3.05, 3.63) is 34.1 Å². The van der Waals surface area contributed by atoms with Gasteiger partial charge in [-0.1, -0.05) is 18.9 Å². The summed E-state index contributed by atoms with van der Waals surface area (Å²) in [6.45, 7) is 0.238. The maximum absolute atomic E-state index is 13.1. The molecule has 0 atom stereocenters. The van der Waals surface area contributed by atoms with E-state index >= 15 is 0 Å². The Bertz CT molecular complexity index is 372. The summed E-state index contributed by atoms with van der Waals surface area (Å²) in [7, 11) is 0. The summed E-state index contributed by atoms with van der Waals surface area (Å²) >= 11 is 3.20. The Kier molecular flexibility index (Phi) is 3.65. The van der Waals surface area contributed by atoms with Gasteiger partial charge in [0.25, 0.3) is 0 Å². The Morgan fingerprint density at radius 2 is 2.00 bits per heavy atom. The predicted octanol–water partition coefficient (Wildman–Crippen LogP) is 3.68. The van der Waals surface area contributed by atoms with Crippen molar-refractivity contribution in [1.82, 2.24) is 0 Å². The van der Waals surface area contributed by atoms with Crippen molar-refractivity contribution >= 4 is 15.9 Å². The topological polar surface area (TPSA) is 20.2 Å². The van der Waals surface area contributed by atoms with E-state index in [-0.39, 0.29) is 17.8 Å². The summed E-state index contributed by atoms with van der Waals surface area (Å²) in [6, 6.07) is 5.13. The van der Waals surface area contributed by atoms with E-state index in [4.69, 9.17) is 0 Å². The van der Waals surface area contributed by atoms with Gasteiger partial charge in [-0.3, -0.25) is 0 Å². The summed E-state index contributed by atoms with van der Waals surface area (Å²) in [5, 5.41) is 9.52. The first-order valence-electron chi connectivity index (χ1n) is 5.70. The van der Waals surface area contributed by atoms with Crippen LogP contribution in [0.5, 0.6) is 0 Å². The molecule has 0 radical (unpaired) electrons. The normalized spacial score (nSPS) is 18.9. The second kappa shape index (κ2) is 4.84. The lowest BCUT2D eigenvalue weighted by Gasteiger charge is -2.26. The van der Waals surface area contributed by atoms with Gasteiger partial charge in [-0.25, -0.2) is 4.39 Å². The van der Waals surface area contributed by atoms with Crippen molar-refractivity contribution in [2.75, 3.05) is 6.61 Å². The fourth-order valence-corrected chi connectivity index (χ4v) is 3.02. The second-order valence-corrected chi connectivity index (χ2v) is 5.64. The Labute approximate surface area is 104 Å². The third-order valence-corrected chi connectivity index (χ3v) is 4.17. The molecule has 1 aromatic carbocycles. The number of hydrogen-bond acceptors (Lipinski definition) is 1. The van der Waals surface area contributed by atoms with Gasteiger partial charge in [-0.15, -0.1) is 0 Å². The summed E-state index contributed by atoms with van der Waals surface area (Å²) in [5.41, 5.74) is 1.14. The van der Waals surface area contributed by atoms with E-state index in [0.29, 0.717) is 4.47 Å². The van der Waals surface area contributed by atoms with Gasteiger partial charge in [0.15, 0.2) is 0 Å². The highest BCUT2D eigenvalue weighted by molar-refractivity contribution is 9.10. The fourth-order valence-electron chi connectivity index (χ4n) is 2.60. The first kappa shape index (κ1) is 12.1. The number of halogens is 2. The van der Waals surface area contributed by atoms with Crippen LogP contribution in [0, 0.1) is 11.2 Å². The zero-order valence-corrected chi connectivity index (χ0v) is 10.8. The van der Waals surface area contributed by atoms with Crippen molar-refractivity contribution in [3.63, 3.8) is 0 Å². The molecule has 1 nitrogen and oxygen atoms in total. The largest absolute Gasteiger partial charge is 0.396 e. The lowest BCUT2D eigenvalue weighted by atomic mass is 9.81. The van der Waals surface area contributed by atoms with E-state index in [9.17, 15) is 9.50 Å². The molecule has 1 N–H and O–H groups in total. The van der Waals surface area contributed by atoms with Gasteiger partial charge in [-0.2, -0.15) is 0 Å². The van der Waals surface area contributed by atoms with Crippen LogP contribution in [0.2, 0.25) is 0 Å². The van der Waals surface area contributed by atoms with Crippen LogP contribution >= 0.6 is 15.9 Å². The molecule has 0 spiro atoms. The zero-order chi connectivity index (χ0) is 11.6. The van der Waals surface area contributed by atoms with E-state index in [1.54, 1.807) is 0 Å². The lowest BCUT2D eigenvalue weighted by molar-refractivity contribution is 0.130. The van der Waals surface area contributed by atoms with Crippen LogP contribution in [-0.4, -0.2) is 11.7 Å². The Morgan fingerprint density at radius 3 is 2.56 bits per heavy atom. The Hall–Kier alpha value is -0.410. The third kappa shape index (κ3) is 2.46. The van der Waals surface area contributed by atoms with Crippen molar-refractivity contribution in [2.45, 2.75) is 32.1 Å². The molecule has 88 valence electrons. The number of benzene rings is 1. The molecule has 1 aliphatic carbocycles. The number of rotatable bonds is 3. The van der Waals surface area contributed by atoms with Gasteiger partial charge < -0.3 is 5.11 Å². The van der Waals surface area contributed by atoms with E-state index in [0.717, 1.165) is 24.8 Å². The molecule has 1 aliphatic rings. The van der Waals surface area contributed by atoms with E-state index in [1.165, 1.54) is 18.9 Å². The predicted molar refractivity (Wildman–Crippen MR) is 65.8 cm³/mol. The lowest BCUT2D eigenvalue weighted by Crippen LogP contribution is -2.24. The van der Waals surface area contributed by atoms with Crippen molar-refractivity contribution < 1.29 is 9.50 Å². The average molecular weight is 287 g/mol. The number of aliphatic hydroxyl groups excluding tert-OH is 1. The van der Waals surface area contributed by atoms with Crippen molar-refractivity contribution in [2.24, 2.45) is 5.41 Å². The first-order chi connectivity index (χ1) is 7.65. The van der Waals surface area contributed by atoms with E-state index < -0.39 is 0 Å². The minimum Gasteiger partial charge on any atom is -0.396 e. The third-order valence-electron chi connectivity index (χ3n) is 3.56. The number of aliphatic hydroxyl groups is 1. The van der Waals surface area contributed by atoms with Gasteiger partial charge in [0.1, 0.15) is 5.82 Å². The SMILES string of the molecule is OCC1(Cc2ccc(F)c(Br)c2)CCCC1. The zero-order valence-electron chi connectivity index (χ0n) is 9.18. The fraction of sp³-hybridized carbons (Fsp3) is 0.538. The monoisotopic (exact) mass is 286 g/mol. The van der Waals surface area contributed by atoms with Crippen LogP contribution < -0.4 is 0 Å². The smallest absolute Gasteiger partial charge is 0.137 e. The van der Waals surface area contributed by atoms with Crippen LogP contribution in [0.3, 0.4) is 0 Å². The minimum atomic E-state index is -0.228. The van der Waals surface area contributed by atoms with E-state index in [1.807, 2.05) is 12.1 Å². The molecule has 1 fully saturated rings. The minimum absolute atomic E-state index is 0.0390. The molecule has 0 unspecified atom stereocenters. The maximum Gasteiger partial charge on any atom is 0.137 e. The highest BCUT2D eigenvalue weighted by Crippen LogP contribution is 2.40. The highest BCUT2D eigenvalue weighted by Gasteiger charge is 2.33. The summed E-state index contributed by atoms with van der Waals surface area (Å²) in [4.78, 5) is 0. The molecule has 3 heteroatoms. The van der Waals surface area contributed by atoms with Gasteiger partial charge in [-0.05, 0) is 58.3 Å². The first-order valence-corrected chi connectivity index (χ1v) is 6.49. The molecule has 16 heavy (non-hydrogen) atoms. The Balaban J connectivity index is 2.16. The second-order valence-electron chi connectivity index (χ2n) is 4.79. The summed E-state index contributed by atoms with van der Waals surface area (Å²) < 4.78 is 13.6. The molecule has 1 saturated carbocycles. The van der Waals surface area contributed by atoms with Crippen molar-refractivity contribution in [1.29, 1.82) is 0 Å². The summed E-state index contributed by atoms with van der Waals surface area (Å²) in [5.74, 6) is -0.228. The van der Waals surface area contributed by atoms with Crippen LogP contribution in [0.15, 0.2) is 22.7 Å². The summed E-state index contributed by atoms with van der Waals surface area (Å²) in [6.07, 6.45) is 5.41. The van der Waals surface area contributed by atoms with Gasteiger partial charge in [0.05, 0.1) is 4.47 Å². The quantitative estimate of drug-likeness (QED) is 0.899. The molecule has 0 saturated heterocycles. The molecule has 2 rings (SSSR count). The molecule has 0 bridgehead atoms. The van der Waals surface area contributed by atoms with Crippen LogP contribution in [0.4, 0.5) is 4.39 Å². The van der Waals surface area contributed by atoms with Crippen LogP contribution in [-0.2, 0) is 6.42 Å². The van der Waals surface area contributed by atoms with Gasteiger partial charge in [0.2, 0.25) is 0 Å². The molecule has 0 aliphatic heterocycles. The standard InChI is InChI=1S/C13H16BrFO/c14-11-7-10(3-4-12(11)15)8-13(9-16)5-1-2-6-13/h3-4,7,16H,1-2,5-6,8-9H2. The highest BCUT2D eigenvalue weighted by atomic mass is 79.9. The Morgan fingerprint density at radius 1 is 1.31 bits per heavy atom. The van der Waals surface area contributed by atoms with Crippen LogP contribution in [0.25, 0.3) is 0 Å². The number of hydrogen-bond donors (Lipinski definition) is 1. The molecule has 0 amide bonds. The molecule has 1 aromatic rings. The maximum atomic E-state index is 13.1. The molecule has 0 heterocycles. The van der Waals surface area contributed by atoms with Crippen molar-refractivity contribution in [3.8, 4) is 0 Å². The molecular weight excluding hydrogens is 271 g/mol. The average Bonchev–Trinajstić information content (AvgIpc) is 2.73. The van der Waals surface area contributed by atoms with E-state index in [2.05, 4.69) is 15.9 Å². The van der Waals surface area contributed by atoms with Gasteiger partial charge in [0, 0.05) is 6.61 Å².